The minimum atomic E-state index is -0.356. The van der Waals surface area contributed by atoms with E-state index >= 15 is 0 Å². The Bertz CT molecular complexity index is 766. The quantitative estimate of drug-likeness (QED) is 0.542. The number of halogens is 1. The zero-order valence-corrected chi connectivity index (χ0v) is 15.3. The Hall–Kier alpha value is -2.25. The zero-order chi connectivity index (χ0) is 17.5. The van der Waals surface area contributed by atoms with Crippen molar-refractivity contribution in [3.63, 3.8) is 0 Å². The molecule has 7 heteroatoms. The molecule has 0 atom stereocenters. The van der Waals surface area contributed by atoms with Crippen molar-refractivity contribution >= 4 is 45.1 Å². The van der Waals surface area contributed by atoms with Crippen LogP contribution in [0.4, 0.5) is 0 Å². The van der Waals surface area contributed by atoms with Crippen LogP contribution < -0.4 is 16.2 Å². The fraction of sp³-hybridized carbons (Fsp3) is 0.118. The molecule has 3 N–H and O–H groups in total. The molecular formula is C17H16BrN3O2S. The summed E-state index contributed by atoms with van der Waals surface area (Å²) in [5.41, 5.74) is 7.35. The minimum absolute atomic E-state index is 0.0260. The van der Waals surface area contributed by atoms with Gasteiger partial charge in [0.25, 0.3) is 5.91 Å². The van der Waals surface area contributed by atoms with E-state index in [2.05, 4.69) is 32.1 Å². The molecule has 0 aliphatic carbocycles. The van der Waals surface area contributed by atoms with Gasteiger partial charge in [-0.15, -0.1) is 0 Å². The van der Waals surface area contributed by atoms with E-state index in [4.69, 9.17) is 12.2 Å². The molecule has 2 aromatic carbocycles. The van der Waals surface area contributed by atoms with Crippen molar-refractivity contribution in [1.29, 1.82) is 0 Å². The molecule has 0 saturated heterocycles. The van der Waals surface area contributed by atoms with Crippen LogP contribution in [0, 0.1) is 6.92 Å². The molecule has 0 saturated carbocycles. The standard InChI is InChI=1S/C17H16BrN3O2S/c1-11-7-8-13(10-14(11)18)16(23)19-17(24)21-20-15(22)9-12-5-3-2-4-6-12/h2-8,10H,9H2,1H3,(H,20,22)(H2,19,21,23,24). The molecule has 2 amide bonds. The smallest absolute Gasteiger partial charge is 0.257 e. The normalized spacial score (nSPS) is 9.92. The molecular weight excluding hydrogens is 390 g/mol. The molecule has 24 heavy (non-hydrogen) atoms. The Labute approximate surface area is 153 Å². The van der Waals surface area contributed by atoms with Gasteiger partial charge in [-0.3, -0.25) is 25.8 Å². The number of aryl methyl sites for hydroxylation is 1. The number of amides is 2. The maximum absolute atomic E-state index is 12.1. The number of thiocarbonyl (C=S) groups is 1. The molecule has 0 aliphatic rings. The van der Waals surface area contributed by atoms with Crippen molar-refractivity contribution in [3.05, 3.63) is 69.7 Å². The van der Waals surface area contributed by atoms with Crippen LogP contribution in [0.15, 0.2) is 53.0 Å². The Morgan fingerprint density at radius 1 is 1.08 bits per heavy atom. The number of carbonyl (C=O) groups is 2. The first kappa shape index (κ1) is 18.1. The monoisotopic (exact) mass is 405 g/mol. The number of hydrogen-bond donors (Lipinski definition) is 3. The maximum atomic E-state index is 12.1. The fourth-order valence-corrected chi connectivity index (χ4v) is 2.42. The van der Waals surface area contributed by atoms with Crippen molar-refractivity contribution < 1.29 is 9.59 Å². The minimum Gasteiger partial charge on any atom is -0.298 e. The molecule has 0 spiro atoms. The van der Waals surface area contributed by atoms with Gasteiger partial charge in [-0.1, -0.05) is 52.3 Å². The first-order chi connectivity index (χ1) is 11.5. The van der Waals surface area contributed by atoms with Crippen LogP contribution in [-0.2, 0) is 11.2 Å². The molecule has 0 fully saturated rings. The highest BCUT2D eigenvalue weighted by atomic mass is 79.9. The van der Waals surface area contributed by atoms with E-state index in [-0.39, 0.29) is 23.3 Å². The number of rotatable bonds is 3. The lowest BCUT2D eigenvalue weighted by atomic mass is 10.1. The average molecular weight is 406 g/mol. The predicted molar refractivity (Wildman–Crippen MR) is 100 cm³/mol. The second-order valence-electron chi connectivity index (χ2n) is 5.08. The molecule has 0 heterocycles. The fourth-order valence-electron chi connectivity index (χ4n) is 1.89. The van der Waals surface area contributed by atoms with Gasteiger partial charge in [0.15, 0.2) is 5.11 Å². The molecule has 124 valence electrons. The Kier molecular flexibility index (Phi) is 6.45. The van der Waals surface area contributed by atoms with Crippen LogP contribution in [0.1, 0.15) is 21.5 Å². The van der Waals surface area contributed by atoms with E-state index in [9.17, 15) is 9.59 Å². The highest BCUT2D eigenvalue weighted by Crippen LogP contribution is 2.17. The number of nitrogens with one attached hydrogen (secondary N) is 3. The summed E-state index contributed by atoms with van der Waals surface area (Å²) in [6.07, 6.45) is 0.218. The summed E-state index contributed by atoms with van der Waals surface area (Å²) in [5, 5.41) is 2.53. The summed E-state index contributed by atoms with van der Waals surface area (Å²) in [4.78, 5) is 23.9. The molecule has 0 radical (unpaired) electrons. The van der Waals surface area contributed by atoms with Crippen LogP contribution in [0.25, 0.3) is 0 Å². The highest BCUT2D eigenvalue weighted by molar-refractivity contribution is 9.10. The summed E-state index contributed by atoms with van der Waals surface area (Å²) < 4.78 is 0.838. The van der Waals surface area contributed by atoms with Gasteiger partial charge in [0, 0.05) is 10.0 Å². The van der Waals surface area contributed by atoms with Gasteiger partial charge in [0.1, 0.15) is 0 Å². The first-order valence-corrected chi connectivity index (χ1v) is 8.36. The Morgan fingerprint density at radius 3 is 2.46 bits per heavy atom. The number of carbonyl (C=O) groups excluding carboxylic acids is 2. The third-order valence-corrected chi connectivity index (χ3v) is 4.24. The predicted octanol–water partition coefficient (Wildman–Crippen LogP) is 2.64. The van der Waals surface area contributed by atoms with Gasteiger partial charge < -0.3 is 0 Å². The molecule has 0 bridgehead atoms. The van der Waals surface area contributed by atoms with E-state index in [1.807, 2.05) is 43.3 Å². The van der Waals surface area contributed by atoms with E-state index in [0.29, 0.717) is 5.56 Å². The third-order valence-electron chi connectivity index (χ3n) is 3.18. The first-order valence-electron chi connectivity index (χ1n) is 7.16. The van der Waals surface area contributed by atoms with E-state index in [1.165, 1.54) is 0 Å². The van der Waals surface area contributed by atoms with Gasteiger partial charge >= 0.3 is 0 Å². The third kappa shape index (κ3) is 5.43. The van der Waals surface area contributed by atoms with Gasteiger partial charge in [-0.25, -0.2) is 0 Å². The number of benzene rings is 2. The lowest BCUT2D eigenvalue weighted by Crippen LogP contribution is -2.48. The molecule has 0 aliphatic heterocycles. The number of hydrogen-bond acceptors (Lipinski definition) is 3. The SMILES string of the molecule is Cc1ccc(C(=O)NC(=S)NNC(=O)Cc2ccccc2)cc1Br. The van der Waals surface area contributed by atoms with Crippen molar-refractivity contribution in [2.75, 3.05) is 0 Å². The second kappa shape index (κ2) is 8.56. The van der Waals surface area contributed by atoms with Gasteiger partial charge in [-0.05, 0) is 42.4 Å². The van der Waals surface area contributed by atoms with Crippen molar-refractivity contribution in [3.8, 4) is 0 Å². The van der Waals surface area contributed by atoms with E-state index in [1.54, 1.807) is 12.1 Å². The Balaban J connectivity index is 1.81. The van der Waals surface area contributed by atoms with E-state index < -0.39 is 0 Å². The lowest BCUT2D eigenvalue weighted by Gasteiger charge is -2.11. The zero-order valence-electron chi connectivity index (χ0n) is 12.9. The number of hydrazine groups is 1. The van der Waals surface area contributed by atoms with Gasteiger partial charge in [-0.2, -0.15) is 0 Å². The van der Waals surface area contributed by atoms with Crippen molar-refractivity contribution in [1.82, 2.24) is 16.2 Å². The topological polar surface area (TPSA) is 70.2 Å². The molecule has 2 aromatic rings. The van der Waals surface area contributed by atoms with Gasteiger partial charge in [0.2, 0.25) is 5.91 Å². The summed E-state index contributed by atoms with van der Waals surface area (Å²) in [7, 11) is 0. The van der Waals surface area contributed by atoms with Crippen LogP contribution in [0.3, 0.4) is 0 Å². The van der Waals surface area contributed by atoms with Crippen LogP contribution in [0.2, 0.25) is 0 Å². The second-order valence-corrected chi connectivity index (χ2v) is 6.35. The van der Waals surface area contributed by atoms with Crippen LogP contribution in [-0.4, -0.2) is 16.9 Å². The summed E-state index contributed by atoms with van der Waals surface area (Å²) in [6, 6.07) is 14.6. The molecule has 2 rings (SSSR count). The highest BCUT2D eigenvalue weighted by Gasteiger charge is 2.10. The molecule has 5 nitrogen and oxygen atoms in total. The lowest BCUT2D eigenvalue weighted by molar-refractivity contribution is -0.121. The summed E-state index contributed by atoms with van der Waals surface area (Å²) >= 11 is 8.38. The van der Waals surface area contributed by atoms with Crippen LogP contribution >= 0.6 is 28.1 Å². The van der Waals surface area contributed by atoms with Crippen LogP contribution in [0.5, 0.6) is 0 Å². The van der Waals surface area contributed by atoms with Crippen molar-refractivity contribution in [2.45, 2.75) is 13.3 Å². The average Bonchev–Trinajstić information content (AvgIpc) is 2.56. The summed E-state index contributed by atoms with van der Waals surface area (Å²) in [6.45, 7) is 1.93. The molecule has 0 unspecified atom stereocenters. The van der Waals surface area contributed by atoms with Crippen molar-refractivity contribution in [2.24, 2.45) is 0 Å². The summed E-state index contributed by atoms with van der Waals surface area (Å²) in [5.74, 6) is -0.610. The largest absolute Gasteiger partial charge is 0.298 e. The molecule has 0 aromatic heterocycles. The Morgan fingerprint density at radius 2 is 1.79 bits per heavy atom. The van der Waals surface area contributed by atoms with E-state index in [0.717, 1.165) is 15.6 Å². The van der Waals surface area contributed by atoms with Gasteiger partial charge in [0.05, 0.1) is 6.42 Å². The maximum Gasteiger partial charge on any atom is 0.257 e.